The molecule has 20 heavy (non-hydrogen) atoms. The topological polar surface area (TPSA) is 25.2 Å². The highest BCUT2D eigenvalue weighted by molar-refractivity contribution is 5.78. The summed E-state index contributed by atoms with van der Waals surface area (Å²) in [7, 11) is 0. The van der Waals surface area contributed by atoms with Crippen LogP contribution in [0.4, 0.5) is 4.39 Å². The van der Waals surface area contributed by atoms with Crippen LogP contribution in [-0.4, -0.2) is 12.6 Å². The molecule has 1 aliphatic heterocycles. The Morgan fingerprint density at radius 1 is 1.35 bits per heavy atom. The first kappa shape index (κ1) is 13.6. The molecule has 1 fully saturated rings. The van der Waals surface area contributed by atoms with Crippen LogP contribution in [0.15, 0.2) is 28.7 Å². The lowest BCUT2D eigenvalue weighted by Crippen LogP contribution is -2.38. The second-order valence-electron chi connectivity index (χ2n) is 6.20. The summed E-state index contributed by atoms with van der Waals surface area (Å²) in [6.07, 6.45) is 3.92. The SMILES string of the molecule is Cc1ccc2oc(C(C)(F)CC3CCCCN3)cc2c1. The molecule has 2 nitrogen and oxygen atoms in total. The molecule has 2 heterocycles. The Morgan fingerprint density at radius 3 is 2.95 bits per heavy atom. The van der Waals surface area contributed by atoms with Gasteiger partial charge in [0.1, 0.15) is 11.3 Å². The first-order valence-corrected chi connectivity index (χ1v) is 7.47. The van der Waals surface area contributed by atoms with Crippen molar-refractivity contribution in [2.45, 2.75) is 51.2 Å². The molecule has 1 aromatic heterocycles. The lowest BCUT2D eigenvalue weighted by atomic mass is 9.91. The van der Waals surface area contributed by atoms with Crippen LogP contribution in [0.25, 0.3) is 11.0 Å². The van der Waals surface area contributed by atoms with Gasteiger partial charge in [-0.05, 0) is 51.4 Å². The zero-order chi connectivity index (χ0) is 14.2. The number of hydrogen-bond acceptors (Lipinski definition) is 2. The highest BCUT2D eigenvalue weighted by atomic mass is 19.1. The lowest BCUT2D eigenvalue weighted by molar-refractivity contribution is 0.119. The molecule has 2 unspecified atom stereocenters. The molecule has 0 radical (unpaired) electrons. The van der Waals surface area contributed by atoms with E-state index in [4.69, 9.17) is 4.42 Å². The molecule has 3 rings (SSSR count). The van der Waals surface area contributed by atoms with Gasteiger partial charge in [-0.2, -0.15) is 0 Å². The van der Waals surface area contributed by atoms with Crippen LogP contribution in [0.3, 0.4) is 0 Å². The van der Waals surface area contributed by atoms with Crippen LogP contribution in [0.2, 0.25) is 0 Å². The predicted molar refractivity (Wildman–Crippen MR) is 79.7 cm³/mol. The summed E-state index contributed by atoms with van der Waals surface area (Å²) in [5, 5.41) is 4.39. The Balaban J connectivity index is 1.83. The zero-order valence-corrected chi connectivity index (χ0v) is 12.2. The molecule has 1 saturated heterocycles. The number of halogens is 1. The summed E-state index contributed by atoms with van der Waals surface area (Å²) in [4.78, 5) is 0. The predicted octanol–water partition coefficient (Wildman–Crippen LogP) is 4.46. The molecule has 1 aromatic carbocycles. The zero-order valence-electron chi connectivity index (χ0n) is 12.2. The second kappa shape index (κ2) is 5.21. The van der Waals surface area contributed by atoms with Crippen molar-refractivity contribution in [3.63, 3.8) is 0 Å². The standard InChI is InChI=1S/C17H22FNO/c1-12-6-7-15-13(9-12)10-16(20-15)17(2,18)11-14-5-3-4-8-19-14/h6-7,9-10,14,19H,3-5,8,11H2,1-2H3. The summed E-state index contributed by atoms with van der Waals surface area (Å²) >= 11 is 0. The van der Waals surface area contributed by atoms with Gasteiger partial charge in [-0.25, -0.2) is 4.39 Å². The van der Waals surface area contributed by atoms with Crippen LogP contribution in [0, 0.1) is 6.92 Å². The number of benzene rings is 1. The summed E-state index contributed by atoms with van der Waals surface area (Å²) in [6.45, 7) is 4.67. The molecule has 0 spiro atoms. The Hall–Kier alpha value is -1.35. The molecular formula is C17H22FNO. The Kier molecular flexibility index (Phi) is 3.55. The van der Waals surface area contributed by atoms with E-state index < -0.39 is 5.67 Å². The van der Waals surface area contributed by atoms with Crippen LogP contribution in [0.5, 0.6) is 0 Å². The maximum absolute atomic E-state index is 15.0. The normalized spacial score (nSPS) is 22.9. The smallest absolute Gasteiger partial charge is 0.166 e. The van der Waals surface area contributed by atoms with E-state index in [2.05, 4.69) is 5.32 Å². The quantitative estimate of drug-likeness (QED) is 0.894. The maximum Gasteiger partial charge on any atom is 0.166 e. The molecular weight excluding hydrogens is 253 g/mol. The van der Waals surface area contributed by atoms with Crippen molar-refractivity contribution < 1.29 is 8.81 Å². The minimum atomic E-state index is -1.41. The molecule has 2 atom stereocenters. The maximum atomic E-state index is 15.0. The van der Waals surface area contributed by atoms with Crippen molar-refractivity contribution in [3.8, 4) is 0 Å². The second-order valence-corrected chi connectivity index (χ2v) is 6.20. The summed E-state index contributed by atoms with van der Waals surface area (Å²) in [5.41, 5.74) is 0.521. The van der Waals surface area contributed by atoms with Crippen molar-refractivity contribution in [1.29, 1.82) is 0 Å². The number of alkyl halides is 1. The fourth-order valence-electron chi connectivity index (χ4n) is 3.08. The van der Waals surface area contributed by atoms with Crippen LogP contribution in [0.1, 0.15) is 43.9 Å². The number of aryl methyl sites for hydroxylation is 1. The first-order chi connectivity index (χ1) is 9.54. The summed E-state index contributed by atoms with van der Waals surface area (Å²) in [5.74, 6) is 0.450. The molecule has 3 heteroatoms. The van der Waals surface area contributed by atoms with Gasteiger partial charge in [-0.15, -0.1) is 0 Å². The van der Waals surface area contributed by atoms with E-state index in [0.717, 1.165) is 23.9 Å². The fraction of sp³-hybridized carbons (Fsp3) is 0.529. The lowest BCUT2D eigenvalue weighted by Gasteiger charge is -2.28. The van der Waals surface area contributed by atoms with E-state index in [9.17, 15) is 0 Å². The van der Waals surface area contributed by atoms with Gasteiger partial charge in [-0.3, -0.25) is 0 Å². The van der Waals surface area contributed by atoms with Gasteiger partial charge in [-0.1, -0.05) is 18.1 Å². The minimum Gasteiger partial charge on any atom is -0.458 e. The van der Waals surface area contributed by atoms with Crippen molar-refractivity contribution >= 4 is 11.0 Å². The third-order valence-electron chi connectivity index (χ3n) is 4.23. The van der Waals surface area contributed by atoms with Crippen LogP contribution in [-0.2, 0) is 5.67 Å². The van der Waals surface area contributed by atoms with Crippen LogP contribution < -0.4 is 5.32 Å². The average Bonchev–Trinajstić information content (AvgIpc) is 2.83. The van der Waals surface area contributed by atoms with Gasteiger partial charge in [0, 0.05) is 17.8 Å². The molecule has 1 aliphatic rings. The third-order valence-corrected chi connectivity index (χ3v) is 4.23. The molecule has 1 N–H and O–H groups in total. The molecule has 108 valence electrons. The minimum absolute atomic E-state index is 0.258. The van der Waals surface area contributed by atoms with Gasteiger partial charge < -0.3 is 9.73 Å². The Bertz CT molecular complexity index is 596. The van der Waals surface area contributed by atoms with Gasteiger partial charge in [0.05, 0.1) is 0 Å². The first-order valence-electron chi connectivity index (χ1n) is 7.47. The largest absolute Gasteiger partial charge is 0.458 e. The van der Waals surface area contributed by atoms with E-state index in [0.29, 0.717) is 12.2 Å². The Labute approximate surface area is 119 Å². The van der Waals surface area contributed by atoms with Crippen molar-refractivity contribution in [2.75, 3.05) is 6.54 Å². The molecule has 0 bridgehead atoms. The van der Waals surface area contributed by atoms with Crippen molar-refractivity contribution in [3.05, 3.63) is 35.6 Å². The van der Waals surface area contributed by atoms with Gasteiger partial charge in [0.15, 0.2) is 5.67 Å². The molecule has 0 saturated carbocycles. The molecule has 2 aromatic rings. The number of hydrogen-bond donors (Lipinski definition) is 1. The van der Waals surface area contributed by atoms with Crippen molar-refractivity contribution in [2.24, 2.45) is 0 Å². The summed E-state index contributed by atoms with van der Waals surface area (Å²) in [6, 6.07) is 8.06. The number of nitrogens with one attached hydrogen (secondary N) is 1. The number of rotatable bonds is 3. The highest BCUT2D eigenvalue weighted by Gasteiger charge is 2.33. The highest BCUT2D eigenvalue weighted by Crippen LogP contribution is 2.36. The van der Waals surface area contributed by atoms with E-state index in [1.165, 1.54) is 18.4 Å². The van der Waals surface area contributed by atoms with Gasteiger partial charge in [0.2, 0.25) is 0 Å². The third kappa shape index (κ3) is 2.73. The number of piperidine rings is 1. The van der Waals surface area contributed by atoms with Gasteiger partial charge >= 0.3 is 0 Å². The van der Waals surface area contributed by atoms with E-state index in [1.54, 1.807) is 6.92 Å². The average molecular weight is 275 g/mol. The van der Waals surface area contributed by atoms with E-state index >= 15 is 4.39 Å². The van der Waals surface area contributed by atoms with Crippen molar-refractivity contribution in [1.82, 2.24) is 5.32 Å². The van der Waals surface area contributed by atoms with Gasteiger partial charge in [0.25, 0.3) is 0 Å². The van der Waals surface area contributed by atoms with E-state index in [-0.39, 0.29) is 6.04 Å². The molecule has 0 aliphatic carbocycles. The monoisotopic (exact) mass is 275 g/mol. The molecule has 0 amide bonds. The van der Waals surface area contributed by atoms with E-state index in [1.807, 2.05) is 31.2 Å². The number of furan rings is 1. The summed E-state index contributed by atoms with van der Waals surface area (Å²) < 4.78 is 20.7. The number of fused-ring (bicyclic) bond motifs is 1. The Morgan fingerprint density at radius 2 is 2.20 bits per heavy atom. The fourth-order valence-corrected chi connectivity index (χ4v) is 3.08. The van der Waals surface area contributed by atoms with Crippen LogP contribution >= 0.6 is 0 Å².